The summed E-state index contributed by atoms with van der Waals surface area (Å²) < 4.78 is 11.8. The quantitative estimate of drug-likeness (QED) is 0.388. The lowest BCUT2D eigenvalue weighted by Gasteiger charge is -2.12. The number of ether oxygens (including phenoxy) is 2. The summed E-state index contributed by atoms with van der Waals surface area (Å²) in [6.45, 7) is 0. The highest BCUT2D eigenvalue weighted by Crippen LogP contribution is 2.33. The number of methoxy groups -OCH3 is 1. The van der Waals surface area contributed by atoms with Gasteiger partial charge in [0.1, 0.15) is 17.2 Å². The summed E-state index contributed by atoms with van der Waals surface area (Å²) in [6.07, 6.45) is 0. The van der Waals surface area contributed by atoms with Gasteiger partial charge in [-0.3, -0.25) is 0 Å². The normalized spacial score (nSPS) is 11.2. The van der Waals surface area contributed by atoms with Gasteiger partial charge in [-0.25, -0.2) is 0 Å². The molecular formula is C14H13BrN2O3. The highest BCUT2D eigenvalue weighted by molar-refractivity contribution is 9.10. The molecule has 0 bridgehead atoms. The Morgan fingerprint density at radius 3 is 2.60 bits per heavy atom. The van der Waals surface area contributed by atoms with Gasteiger partial charge in [-0.05, 0) is 40.2 Å². The third kappa shape index (κ3) is 3.03. The van der Waals surface area contributed by atoms with Gasteiger partial charge in [-0.1, -0.05) is 17.3 Å². The number of hydrogen-bond donors (Lipinski definition) is 2. The van der Waals surface area contributed by atoms with Crippen molar-refractivity contribution < 1.29 is 14.7 Å². The Hall–Kier alpha value is -2.21. The molecule has 0 fully saturated rings. The number of hydrogen-bond acceptors (Lipinski definition) is 4. The van der Waals surface area contributed by atoms with Crippen LogP contribution in [0, 0.1) is 0 Å². The van der Waals surface area contributed by atoms with Crippen molar-refractivity contribution in [3.05, 3.63) is 52.5 Å². The lowest BCUT2D eigenvalue weighted by Crippen LogP contribution is -2.14. The highest BCUT2D eigenvalue weighted by Gasteiger charge is 2.12. The van der Waals surface area contributed by atoms with Crippen LogP contribution in [0.25, 0.3) is 0 Å². The van der Waals surface area contributed by atoms with Crippen LogP contribution in [0.15, 0.2) is 52.1 Å². The van der Waals surface area contributed by atoms with E-state index in [4.69, 9.17) is 20.4 Å². The minimum atomic E-state index is -0.0327. The van der Waals surface area contributed by atoms with Gasteiger partial charge in [0, 0.05) is 6.07 Å². The van der Waals surface area contributed by atoms with Crippen LogP contribution in [0.5, 0.6) is 17.2 Å². The van der Waals surface area contributed by atoms with Crippen LogP contribution in [-0.4, -0.2) is 18.2 Å². The Morgan fingerprint density at radius 2 is 1.95 bits per heavy atom. The molecule has 0 radical (unpaired) electrons. The number of nitrogens with zero attached hydrogens (tertiary/aromatic N) is 1. The number of rotatable bonds is 4. The van der Waals surface area contributed by atoms with E-state index < -0.39 is 0 Å². The molecule has 6 heteroatoms. The van der Waals surface area contributed by atoms with Gasteiger partial charge in [-0.2, -0.15) is 0 Å². The summed E-state index contributed by atoms with van der Waals surface area (Å²) >= 11 is 3.40. The smallest absolute Gasteiger partial charge is 0.173 e. The summed E-state index contributed by atoms with van der Waals surface area (Å²) in [5, 5.41) is 11.8. The molecule has 0 aromatic heterocycles. The monoisotopic (exact) mass is 336 g/mol. The molecule has 5 nitrogen and oxygen atoms in total. The number of halogens is 1. The van der Waals surface area contributed by atoms with Crippen LogP contribution >= 0.6 is 15.9 Å². The van der Waals surface area contributed by atoms with Crippen molar-refractivity contribution in [1.82, 2.24) is 0 Å². The first-order valence-electron chi connectivity index (χ1n) is 5.74. The average molecular weight is 337 g/mol. The zero-order chi connectivity index (χ0) is 14.5. The van der Waals surface area contributed by atoms with Crippen molar-refractivity contribution >= 4 is 21.8 Å². The molecule has 2 rings (SSSR count). The summed E-state index contributed by atoms with van der Waals surface area (Å²) in [5.74, 6) is 1.63. The van der Waals surface area contributed by atoms with E-state index in [1.165, 1.54) is 0 Å². The van der Waals surface area contributed by atoms with E-state index in [1.54, 1.807) is 31.4 Å². The molecule has 0 spiro atoms. The van der Waals surface area contributed by atoms with Crippen LogP contribution in [-0.2, 0) is 0 Å². The molecule has 3 N–H and O–H groups in total. The average Bonchev–Trinajstić information content (AvgIpc) is 2.48. The molecule has 20 heavy (non-hydrogen) atoms. The molecule has 0 amide bonds. The van der Waals surface area contributed by atoms with Crippen LogP contribution in [0.4, 0.5) is 0 Å². The van der Waals surface area contributed by atoms with Gasteiger partial charge in [0.05, 0.1) is 17.1 Å². The number of para-hydroxylation sites is 1. The van der Waals surface area contributed by atoms with Crippen LogP contribution in [0.2, 0.25) is 0 Å². The summed E-state index contributed by atoms with van der Waals surface area (Å²) in [5.41, 5.74) is 6.12. The van der Waals surface area contributed by atoms with Gasteiger partial charge in [-0.15, -0.1) is 0 Å². The second-order valence-corrected chi connectivity index (χ2v) is 4.73. The molecule has 0 saturated heterocycles. The first kappa shape index (κ1) is 14.2. The standard InChI is InChI=1S/C14H13BrN2O3/c1-19-9-6-7-10(14(16)17-18)13(8-9)20-12-5-3-2-4-11(12)15/h2-8,18H,1H3,(H2,16,17). The fourth-order valence-electron chi connectivity index (χ4n) is 1.63. The Morgan fingerprint density at radius 1 is 1.20 bits per heavy atom. The molecule has 104 valence electrons. The van der Waals surface area contributed by atoms with E-state index in [0.29, 0.717) is 22.8 Å². The van der Waals surface area contributed by atoms with Crippen molar-refractivity contribution in [3.8, 4) is 17.2 Å². The predicted octanol–water partition coefficient (Wildman–Crippen LogP) is 3.34. The van der Waals surface area contributed by atoms with E-state index >= 15 is 0 Å². The van der Waals surface area contributed by atoms with Crippen molar-refractivity contribution in [3.63, 3.8) is 0 Å². The number of nitrogens with two attached hydrogens (primary N) is 1. The minimum Gasteiger partial charge on any atom is -0.497 e. The SMILES string of the molecule is COc1ccc(/C(N)=N/O)c(Oc2ccccc2Br)c1. The Balaban J connectivity index is 2.46. The second kappa shape index (κ2) is 6.29. The van der Waals surface area contributed by atoms with Gasteiger partial charge in [0.2, 0.25) is 0 Å². The molecule has 0 aliphatic carbocycles. The van der Waals surface area contributed by atoms with Crippen LogP contribution in [0.3, 0.4) is 0 Å². The Kier molecular flexibility index (Phi) is 4.47. The maximum absolute atomic E-state index is 8.83. The van der Waals surface area contributed by atoms with Gasteiger partial charge < -0.3 is 20.4 Å². The number of oxime groups is 1. The van der Waals surface area contributed by atoms with Crippen molar-refractivity contribution in [1.29, 1.82) is 0 Å². The molecule has 0 saturated carbocycles. The fourth-order valence-corrected chi connectivity index (χ4v) is 1.99. The lowest BCUT2D eigenvalue weighted by atomic mass is 10.1. The molecule has 0 aliphatic rings. The van der Waals surface area contributed by atoms with E-state index in [2.05, 4.69) is 21.1 Å². The minimum absolute atomic E-state index is 0.0327. The number of benzene rings is 2. The maximum Gasteiger partial charge on any atom is 0.173 e. The summed E-state index contributed by atoms with van der Waals surface area (Å²) in [7, 11) is 1.56. The molecule has 2 aromatic rings. The second-order valence-electron chi connectivity index (χ2n) is 3.88. The van der Waals surface area contributed by atoms with Crippen molar-refractivity contribution in [2.45, 2.75) is 0 Å². The van der Waals surface area contributed by atoms with Gasteiger partial charge in [0.25, 0.3) is 0 Å². The van der Waals surface area contributed by atoms with E-state index in [0.717, 1.165) is 4.47 Å². The molecule has 0 heterocycles. The predicted molar refractivity (Wildman–Crippen MR) is 79.7 cm³/mol. The topological polar surface area (TPSA) is 77.1 Å². The molecule has 0 aliphatic heterocycles. The maximum atomic E-state index is 8.83. The Bertz CT molecular complexity index is 644. The number of amidine groups is 1. The lowest BCUT2D eigenvalue weighted by molar-refractivity contribution is 0.318. The fraction of sp³-hybridized carbons (Fsp3) is 0.0714. The summed E-state index contributed by atoms with van der Waals surface area (Å²) in [6, 6.07) is 12.4. The van der Waals surface area contributed by atoms with Crippen LogP contribution < -0.4 is 15.2 Å². The summed E-state index contributed by atoms with van der Waals surface area (Å²) in [4.78, 5) is 0. The van der Waals surface area contributed by atoms with E-state index in [1.807, 2.05) is 18.2 Å². The van der Waals surface area contributed by atoms with E-state index in [9.17, 15) is 0 Å². The molecular weight excluding hydrogens is 324 g/mol. The largest absolute Gasteiger partial charge is 0.497 e. The van der Waals surface area contributed by atoms with Crippen molar-refractivity contribution in [2.75, 3.05) is 7.11 Å². The molecule has 0 unspecified atom stereocenters. The Labute approximate surface area is 124 Å². The highest BCUT2D eigenvalue weighted by atomic mass is 79.9. The van der Waals surface area contributed by atoms with Gasteiger partial charge in [0.15, 0.2) is 5.84 Å². The molecule has 0 atom stereocenters. The van der Waals surface area contributed by atoms with Gasteiger partial charge >= 0.3 is 0 Å². The van der Waals surface area contributed by atoms with E-state index in [-0.39, 0.29) is 5.84 Å². The third-order valence-corrected chi connectivity index (χ3v) is 3.28. The van der Waals surface area contributed by atoms with Crippen molar-refractivity contribution in [2.24, 2.45) is 10.9 Å². The zero-order valence-corrected chi connectivity index (χ0v) is 12.3. The van der Waals surface area contributed by atoms with Crippen LogP contribution in [0.1, 0.15) is 5.56 Å². The third-order valence-electron chi connectivity index (χ3n) is 2.63. The first-order valence-corrected chi connectivity index (χ1v) is 6.53. The first-order chi connectivity index (χ1) is 9.65. The zero-order valence-electron chi connectivity index (χ0n) is 10.7. The molecule has 2 aromatic carbocycles.